The number of aromatic nitrogens is 2. The van der Waals surface area contributed by atoms with Gasteiger partial charge in [0, 0.05) is 22.4 Å². The predicted molar refractivity (Wildman–Crippen MR) is 133 cm³/mol. The summed E-state index contributed by atoms with van der Waals surface area (Å²) in [5, 5.41) is 0. The minimum Gasteiger partial charge on any atom is -0.398 e. The van der Waals surface area contributed by atoms with Crippen molar-refractivity contribution in [2.24, 2.45) is 0 Å². The number of benzene rings is 3. The molecule has 0 fully saturated rings. The Morgan fingerprint density at radius 2 is 1.35 bits per heavy atom. The number of imidazole rings is 1. The zero-order chi connectivity index (χ0) is 21.8. The van der Waals surface area contributed by atoms with E-state index in [1.807, 2.05) is 51.1 Å². The van der Waals surface area contributed by atoms with E-state index in [1.165, 1.54) is 11.1 Å². The third-order valence-corrected chi connectivity index (χ3v) is 5.38. The zero-order valence-corrected chi connectivity index (χ0v) is 18.2. The van der Waals surface area contributed by atoms with Crippen molar-refractivity contribution in [2.45, 2.75) is 20.8 Å². The lowest BCUT2D eigenvalue weighted by Gasteiger charge is -2.05. The van der Waals surface area contributed by atoms with Crippen LogP contribution in [0.15, 0.2) is 78.9 Å². The Bertz CT molecular complexity index is 1170. The number of nitrogens with two attached hydrogens (primary N) is 1. The molecule has 0 amide bonds. The van der Waals surface area contributed by atoms with Gasteiger partial charge in [0.1, 0.15) is 5.82 Å². The summed E-state index contributed by atoms with van der Waals surface area (Å²) in [6, 6.07) is 23.0. The number of allylic oxidation sites excluding steroid dienone is 2. The van der Waals surface area contributed by atoms with Crippen molar-refractivity contribution in [2.75, 3.05) is 5.73 Å². The van der Waals surface area contributed by atoms with Crippen LogP contribution in [0.4, 0.5) is 5.69 Å². The summed E-state index contributed by atoms with van der Waals surface area (Å²) in [6.07, 6.45) is 8.27. The maximum Gasteiger partial charge on any atom is 0.140 e. The lowest BCUT2D eigenvalue weighted by molar-refractivity contribution is 1.30. The van der Waals surface area contributed by atoms with Crippen molar-refractivity contribution in [1.82, 2.24) is 9.97 Å². The van der Waals surface area contributed by atoms with E-state index >= 15 is 0 Å². The van der Waals surface area contributed by atoms with Crippen LogP contribution in [-0.2, 0) is 0 Å². The lowest BCUT2D eigenvalue weighted by atomic mass is 10.0. The van der Waals surface area contributed by atoms with Gasteiger partial charge < -0.3 is 10.7 Å². The van der Waals surface area contributed by atoms with Crippen molar-refractivity contribution in [3.8, 4) is 33.9 Å². The number of nitrogen functional groups attached to an aromatic ring is 1. The summed E-state index contributed by atoms with van der Waals surface area (Å²) in [7, 11) is 0. The van der Waals surface area contributed by atoms with Crippen molar-refractivity contribution < 1.29 is 0 Å². The number of para-hydroxylation sites is 1. The van der Waals surface area contributed by atoms with Crippen LogP contribution in [0.2, 0.25) is 0 Å². The molecule has 4 aromatic rings. The Morgan fingerprint density at radius 3 is 1.94 bits per heavy atom. The van der Waals surface area contributed by atoms with Gasteiger partial charge in [-0.2, -0.15) is 0 Å². The molecule has 3 nitrogen and oxygen atoms in total. The fourth-order valence-electron chi connectivity index (χ4n) is 3.70. The van der Waals surface area contributed by atoms with E-state index in [0.29, 0.717) is 0 Å². The molecule has 3 N–H and O–H groups in total. The number of nitrogens with zero attached hydrogens (tertiary/aromatic N) is 1. The number of hydrogen-bond acceptors (Lipinski definition) is 2. The molecule has 3 heteroatoms. The van der Waals surface area contributed by atoms with Crippen LogP contribution in [0.5, 0.6) is 0 Å². The van der Waals surface area contributed by atoms with E-state index in [-0.39, 0.29) is 0 Å². The maximum absolute atomic E-state index is 6.38. The van der Waals surface area contributed by atoms with Crippen LogP contribution in [0.3, 0.4) is 0 Å². The Morgan fingerprint density at radius 1 is 0.774 bits per heavy atom. The molecule has 0 atom stereocenters. The summed E-state index contributed by atoms with van der Waals surface area (Å²) in [4.78, 5) is 8.54. The van der Waals surface area contributed by atoms with Crippen molar-refractivity contribution in [1.29, 1.82) is 0 Å². The van der Waals surface area contributed by atoms with Gasteiger partial charge in [0.15, 0.2) is 0 Å². The molecule has 1 aromatic heterocycles. The van der Waals surface area contributed by atoms with Crippen LogP contribution in [0.25, 0.3) is 46.1 Å². The second kappa shape index (κ2) is 8.88. The molecule has 0 saturated heterocycles. The average Bonchev–Trinajstić information content (AvgIpc) is 3.22. The Kier molecular flexibility index (Phi) is 5.85. The first-order valence-electron chi connectivity index (χ1n) is 10.5. The highest BCUT2D eigenvalue weighted by atomic mass is 14.9. The van der Waals surface area contributed by atoms with E-state index in [4.69, 9.17) is 10.7 Å². The zero-order valence-electron chi connectivity index (χ0n) is 18.2. The summed E-state index contributed by atoms with van der Waals surface area (Å²) in [5.41, 5.74) is 15.5. The Labute approximate surface area is 184 Å². The molecule has 154 valence electrons. The standard InChI is InChI=1S/C28H27N3/c1-4-7-20-11-15-22(16-12-20)26-27(23-17-13-21(8-5-2)14-18-23)31-28(30-26)24-10-6-9-19(3)25(24)29/h4-18H,29H2,1-3H3,(H,30,31)/b7-4+,8-5+. The molecule has 0 bridgehead atoms. The molecule has 31 heavy (non-hydrogen) atoms. The number of rotatable bonds is 5. The Hall–Kier alpha value is -3.85. The number of H-pyrrole nitrogens is 1. The topological polar surface area (TPSA) is 54.7 Å². The van der Waals surface area contributed by atoms with E-state index in [0.717, 1.165) is 45.2 Å². The predicted octanol–water partition coefficient (Wildman–Crippen LogP) is 7.37. The summed E-state index contributed by atoms with van der Waals surface area (Å²) >= 11 is 0. The number of hydrogen-bond donors (Lipinski definition) is 2. The second-order valence-corrected chi connectivity index (χ2v) is 7.59. The summed E-state index contributed by atoms with van der Waals surface area (Å²) in [6.45, 7) is 6.07. The van der Waals surface area contributed by atoms with Crippen molar-refractivity contribution >= 4 is 17.8 Å². The molecule has 0 radical (unpaired) electrons. The van der Waals surface area contributed by atoms with Gasteiger partial charge in [-0.15, -0.1) is 0 Å². The Balaban J connectivity index is 1.87. The number of anilines is 1. The molecule has 0 saturated carbocycles. The first-order chi connectivity index (χ1) is 15.1. The maximum atomic E-state index is 6.38. The number of aromatic amines is 1. The van der Waals surface area contributed by atoms with Gasteiger partial charge in [0.2, 0.25) is 0 Å². The minimum atomic E-state index is 0.751. The van der Waals surface area contributed by atoms with Crippen molar-refractivity contribution in [3.63, 3.8) is 0 Å². The average molecular weight is 406 g/mol. The molecule has 3 aromatic carbocycles. The van der Waals surface area contributed by atoms with Gasteiger partial charge in [-0.3, -0.25) is 0 Å². The van der Waals surface area contributed by atoms with Crippen LogP contribution < -0.4 is 5.73 Å². The molecular weight excluding hydrogens is 378 g/mol. The van der Waals surface area contributed by atoms with Gasteiger partial charge in [-0.25, -0.2) is 4.98 Å². The monoisotopic (exact) mass is 405 g/mol. The van der Waals surface area contributed by atoms with Gasteiger partial charge in [0.25, 0.3) is 0 Å². The van der Waals surface area contributed by atoms with E-state index < -0.39 is 0 Å². The number of nitrogens with one attached hydrogen (secondary N) is 1. The molecular formula is C28H27N3. The molecule has 0 spiro atoms. The van der Waals surface area contributed by atoms with Gasteiger partial charge in [-0.1, -0.05) is 85.0 Å². The fourth-order valence-corrected chi connectivity index (χ4v) is 3.70. The minimum absolute atomic E-state index is 0.751. The normalized spacial score (nSPS) is 11.6. The quantitative estimate of drug-likeness (QED) is 0.341. The highest BCUT2D eigenvalue weighted by molar-refractivity contribution is 5.84. The van der Waals surface area contributed by atoms with E-state index in [1.54, 1.807) is 0 Å². The molecule has 0 aliphatic rings. The molecule has 1 heterocycles. The van der Waals surface area contributed by atoms with Gasteiger partial charge in [0.05, 0.1) is 11.4 Å². The third kappa shape index (κ3) is 4.22. The lowest BCUT2D eigenvalue weighted by Crippen LogP contribution is -1.94. The summed E-state index contributed by atoms with van der Waals surface area (Å²) < 4.78 is 0. The number of aryl methyl sites for hydroxylation is 1. The van der Waals surface area contributed by atoms with E-state index in [9.17, 15) is 0 Å². The molecule has 0 aliphatic heterocycles. The van der Waals surface area contributed by atoms with Gasteiger partial charge >= 0.3 is 0 Å². The smallest absolute Gasteiger partial charge is 0.140 e. The SMILES string of the molecule is C/C=C/c1ccc(-c2nc(-c3cccc(C)c3N)[nH]c2-c2ccc(/C=C/C)cc2)cc1. The van der Waals surface area contributed by atoms with Crippen LogP contribution in [0, 0.1) is 6.92 Å². The van der Waals surface area contributed by atoms with Crippen molar-refractivity contribution in [3.05, 3.63) is 95.6 Å². The molecule has 4 rings (SSSR count). The first kappa shape index (κ1) is 20.4. The highest BCUT2D eigenvalue weighted by Gasteiger charge is 2.17. The second-order valence-electron chi connectivity index (χ2n) is 7.59. The van der Waals surface area contributed by atoms with Crippen LogP contribution >= 0.6 is 0 Å². The fraction of sp³-hybridized carbons (Fsp3) is 0.107. The molecule has 0 aliphatic carbocycles. The van der Waals surface area contributed by atoms with Gasteiger partial charge in [-0.05, 0) is 43.5 Å². The molecule has 0 unspecified atom stereocenters. The third-order valence-electron chi connectivity index (χ3n) is 5.38. The van der Waals surface area contributed by atoms with Crippen LogP contribution in [0.1, 0.15) is 30.5 Å². The summed E-state index contributed by atoms with van der Waals surface area (Å²) in [5.74, 6) is 0.779. The van der Waals surface area contributed by atoms with Crippen LogP contribution in [-0.4, -0.2) is 9.97 Å². The largest absolute Gasteiger partial charge is 0.398 e. The van der Waals surface area contributed by atoms with E-state index in [2.05, 4.69) is 65.7 Å². The highest BCUT2D eigenvalue weighted by Crippen LogP contribution is 2.35. The first-order valence-corrected chi connectivity index (χ1v) is 10.5.